The molecule has 1 heterocycles. The Morgan fingerprint density at radius 1 is 1.32 bits per heavy atom. The van der Waals surface area contributed by atoms with Crippen molar-refractivity contribution in [1.29, 1.82) is 0 Å². The van der Waals surface area contributed by atoms with Crippen molar-refractivity contribution in [2.45, 2.75) is 51.6 Å². The average Bonchev–Trinajstić information content (AvgIpc) is 2.33. The first-order valence-corrected chi connectivity index (χ1v) is 6.68. The number of carbonyl (C=O) groups is 2. The van der Waals surface area contributed by atoms with Gasteiger partial charge in [-0.2, -0.15) is 0 Å². The Labute approximate surface area is 114 Å². The zero-order chi connectivity index (χ0) is 14.6. The SMILES string of the molecule is CC(C)(C)N(CC(=O)O)C(=O)N1CCCCC1CO. The summed E-state index contributed by atoms with van der Waals surface area (Å²) in [6, 6.07) is -0.492. The third-order valence-electron chi connectivity index (χ3n) is 3.42. The summed E-state index contributed by atoms with van der Waals surface area (Å²) in [5.74, 6) is -1.03. The molecule has 6 nitrogen and oxygen atoms in total. The summed E-state index contributed by atoms with van der Waals surface area (Å²) in [6.45, 7) is 5.62. The molecule has 0 aromatic carbocycles. The van der Waals surface area contributed by atoms with Crippen molar-refractivity contribution < 1.29 is 19.8 Å². The van der Waals surface area contributed by atoms with Crippen LogP contribution in [0.3, 0.4) is 0 Å². The summed E-state index contributed by atoms with van der Waals surface area (Å²) in [4.78, 5) is 26.4. The largest absolute Gasteiger partial charge is 0.480 e. The van der Waals surface area contributed by atoms with Crippen LogP contribution in [0.4, 0.5) is 4.79 Å². The van der Waals surface area contributed by atoms with Crippen molar-refractivity contribution in [3.8, 4) is 0 Å². The van der Waals surface area contributed by atoms with Crippen molar-refractivity contribution in [2.75, 3.05) is 19.7 Å². The van der Waals surface area contributed by atoms with Gasteiger partial charge in [-0.3, -0.25) is 4.79 Å². The van der Waals surface area contributed by atoms with Crippen LogP contribution >= 0.6 is 0 Å². The summed E-state index contributed by atoms with van der Waals surface area (Å²) in [6.07, 6.45) is 2.66. The van der Waals surface area contributed by atoms with Crippen LogP contribution in [0.25, 0.3) is 0 Å². The third-order valence-corrected chi connectivity index (χ3v) is 3.42. The number of carbonyl (C=O) groups excluding carboxylic acids is 1. The smallest absolute Gasteiger partial charge is 0.323 e. The van der Waals surface area contributed by atoms with Crippen LogP contribution in [0.2, 0.25) is 0 Å². The van der Waals surface area contributed by atoms with E-state index in [1.807, 2.05) is 20.8 Å². The number of hydrogen-bond donors (Lipinski definition) is 2. The molecule has 1 saturated heterocycles. The van der Waals surface area contributed by atoms with Crippen molar-refractivity contribution >= 4 is 12.0 Å². The van der Waals surface area contributed by atoms with Crippen molar-refractivity contribution in [1.82, 2.24) is 9.80 Å². The van der Waals surface area contributed by atoms with E-state index in [0.29, 0.717) is 6.54 Å². The first-order chi connectivity index (χ1) is 8.77. The van der Waals surface area contributed by atoms with Gasteiger partial charge in [-0.25, -0.2) is 4.79 Å². The molecule has 0 spiro atoms. The van der Waals surface area contributed by atoms with E-state index in [1.54, 1.807) is 4.90 Å². The maximum Gasteiger partial charge on any atom is 0.323 e. The number of nitrogens with zero attached hydrogens (tertiary/aromatic N) is 2. The molecule has 0 saturated carbocycles. The van der Waals surface area contributed by atoms with Crippen LogP contribution in [-0.2, 0) is 4.79 Å². The Morgan fingerprint density at radius 3 is 2.42 bits per heavy atom. The van der Waals surface area contributed by atoms with Gasteiger partial charge >= 0.3 is 12.0 Å². The second-order valence-electron chi connectivity index (χ2n) is 5.96. The number of likely N-dealkylation sites (tertiary alicyclic amines) is 1. The fourth-order valence-corrected chi connectivity index (χ4v) is 2.32. The Hall–Kier alpha value is -1.30. The highest BCUT2D eigenvalue weighted by Crippen LogP contribution is 2.22. The number of aliphatic hydroxyl groups is 1. The minimum absolute atomic E-state index is 0.0726. The molecule has 6 heteroatoms. The number of carboxylic acids is 1. The van der Waals surface area contributed by atoms with Gasteiger partial charge in [0.05, 0.1) is 12.6 Å². The molecule has 1 atom stereocenters. The minimum Gasteiger partial charge on any atom is -0.480 e. The lowest BCUT2D eigenvalue weighted by Crippen LogP contribution is -2.57. The number of carboxylic acid groups (broad SMARTS) is 1. The molecular weight excluding hydrogens is 248 g/mol. The lowest BCUT2D eigenvalue weighted by Gasteiger charge is -2.42. The molecular formula is C13H24N2O4. The fourth-order valence-electron chi connectivity index (χ4n) is 2.32. The van der Waals surface area contributed by atoms with E-state index in [0.717, 1.165) is 19.3 Å². The van der Waals surface area contributed by atoms with Gasteiger partial charge < -0.3 is 20.0 Å². The molecule has 0 bridgehead atoms. The number of rotatable bonds is 3. The summed E-state index contributed by atoms with van der Waals surface area (Å²) >= 11 is 0. The van der Waals surface area contributed by atoms with E-state index in [9.17, 15) is 14.7 Å². The maximum absolute atomic E-state index is 12.5. The van der Waals surface area contributed by atoms with Crippen LogP contribution in [0.1, 0.15) is 40.0 Å². The van der Waals surface area contributed by atoms with Gasteiger partial charge in [0.15, 0.2) is 0 Å². The molecule has 0 aromatic rings. The minimum atomic E-state index is -1.03. The van der Waals surface area contributed by atoms with Gasteiger partial charge in [-0.05, 0) is 40.0 Å². The molecule has 1 rings (SSSR count). The molecule has 2 amide bonds. The highest BCUT2D eigenvalue weighted by molar-refractivity contribution is 5.81. The van der Waals surface area contributed by atoms with Gasteiger partial charge in [0.2, 0.25) is 0 Å². The van der Waals surface area contributed by atoms with Crippen molar-refractivity contribution in [3.63, 3.8) is 0 Å². The molecule has 1 fully saturated rings. The number of aliphatic carboxylic acids is 1. The molecule has 0 aromatic heterocycles. The van der Waals surface area contributed by atoms with Gasteiger partial charge in [0.25, 0.3) is 0 Å². The molecule has 1 aliphatic heterocycles. The summed E-state index contributed by atoms with van der Waals surface area (Å²) < 4.78 is 0. The Bertz CT molecular complexity index is 338. The number of amides is 2. The zero-order valence-corrected chi connectivity index (χ0v) is 11.9. The molecule has 110 valence electrons. The lowest BCUT2D eigenvalue weighted by molar-refractivity contribution is -0.138. The predicted octanol–water partition coefficient (Wildman–Crippen LogP) is 1.14. The molecule has 0 radical (unpaired) electrons. The van der Waals surface area contributed by atoms with E-state index < -0.39 is 11.5 Å². The molecule has 1 unspecified atom stereocenters. The second kappa shape index (κ2) is 6.23. The number of aliphatic hydroxyl groups excluding tert-OH is 1. The van der Waals surface area contributed by atoms with Crippen LogP contribution in [0.5, 0.6) is 0 Å². The normalized spacial score (nSPS) is 20.2. The van der Waals surface area contributed by atoms with Crippen molar-refractivity contribution in [2.24, 2.45) is 0 Å². The van der Waals surface area contributed by atoms with Crippen LogP contribution in [0.15, 0.2) is 0 Å². The van der Waals surface area contributed by atoms with Gasteiger partial charge in [0, 0.05) is 12.1 Å². The summed E-state index contributed by atoms with van der Waals surface area (Å²) in [7, 11) is 0. The molecule has 2 N–H and O–H groups in total. The monoisotopic (exact) mass is 272 g/mol. The second-order valence-corrected chi connectivity index (χ2v) is 5.96. The predicted molar refractivity (Wildman–Crippen MR) is 70.9 cm³/mol. The topological polar surface area (TPSA) is 81.1 Å². The Kier molecular flexibility index (Phi) is 5.17. The Balaban J connectivity index is 2.88. The quantitative estimate of drug-likeness (QED) is 0.807. The van der Waals surface area contributed by atoms with Crippen LogP contribution in [0, 0.1) is 0 Å². The molecule has 0 aliphatic carbocycles. The first-order valence-electron chi connectivity index (χ1n) is 6.68. The van der Waals surface area contributed by atoms with Gasteiger partial charge in [-0.1, -0.05) is 0 Å². The maximum atomic E-state index is 12.5. The average molecular weight is 272 g/mol. The van der Waals surface area contributed by atoms with E-state index in [1.165, 1.54) is 4.90 Å². The van der Waals surface area contributed by atoms with Gasteiger partial charge in [-0.15, -0.1) is 0 Å². The number of urea groups is 1. The zero-order valence-electron chi connectivity index (χ0n) is 11.9. The number of hydrogen-bond acceptors (Lipinski definition) is 3. The summed E-state index contributed by atoms with van der Waals surface area (Å²) in [5, 5.41) is 18.3. The van der Waals surface area contributed by atoms with E-state index in [4.69, 9.17) is 5.11 Å². The van der Waals surface area contributed by atoms with Crippen molar-refractivity contribution in [3.05, 3.63) is 0 Å². The van der Waals surface area contributed by atoms with Crippen LogP contribution < -0.4 is 0 Å². The third kappa shape index (κ3) is 4.09. The van der Waals surface area contributed by atoms with Crippen LogP contribution in [-0.4, -0.2) is 63.3 Å². The standard InChI is InChI=1S/C13H24N2O4/c1-13(2,3)15(8-11(17)18)12(19)14-7-5-4-6-10(14)9-16/h10,16H,4-9H2,1-3H3,(H,17,18). The van der Waals surface area contributed by atoms with Gasteiger partial charge in [0.1, 0.15) is 6.54 Å². The first kappa shape index (κ1) is 15.8. The van der Waals surface area contributed by atoms with E-state index in [2.05, 4.69) is 0 Å². The Morgan fingerprint density at radius 2 is 1.95 bits per heavy atom. The van der Waals surface area contributed by atoms with E-state index >= 15 is 0 Å². The highest BCUT2D eigenvalue weighted by Gasteiger charge is 2.35. The highest BCUT2D eigenvalue weighted by atomic mass is 16.4. The lowest BCUT2D eigenvalue weighted by atomic mass is 10.0. The number of piperidine rings is 1. The van der Waals surface area contributed by atoms with E-state index in [-0.39, 0.29) is 25.2 Å². The molecule has 19 heavy (non-hydrogen) atoms. The summed E-state index contributed by atoms with van der Waals surface area (Å²) in [5.41, 5.74) is -0.563. The molecule has 1 aliphatic rings. The fraction of sp³-hybridized carbons (Fsp3) is 0.846.